The number of carbonyl (C=O) groups is 1. The summed E-state index contributed by atoms with van der Waals surface area (Å²) >= 11 is 1.25. The second-order valence-corrected chi connectivity index (χ2v) is 9.68. The molecule has 26 heavy (non-hydrogen) atoms. The van der Waals surface area contributed by atoms with Crippen LogP contribution in [-0.4, -0.2) is 68.8 Å². The first-order valence-electron chi connectivity index (χ1n) is 8.35. The van der Waals surface area contributed by atoms with E-state index in [9.17, 15) is 13.2 Å². The van der Waals surface area contributed by atoms with E-state index < -0.39 is 15.1 Å². The van der Waals surface area contributed by atoms with E-state index in [-0.39, 0.29) is 23.5 Å². The molecule has 0 N–H and O–H groups in total. The van der Waals surface area contributed by atoms with Crippen LogP contribution in [0.3, 0.4) is 0 Å². The van der Waals surface area contributed by atoms with Crippen molar-refractivity contribution in [2.75, 3.05) is 18.1 Å². The molecule has 0 radical (unpaired) electrons. The van der Waals surface area contributed by atoms with Gasteiger partial charge < -0.3 is 9.32 Å². The summed E-state index contributed by atoms with van der Waals surface area (Å²) in [4.78, 5) is 14.5. The van der Waals surface area contributed by atoms with E-state index in [2.05, 4.69) is 15.5 Å². The molecule has 0 aliphatic carbocycles. The third-order valence-corrected chi connectivity index (χ3v) is 7.10. The Morgan fingerprint density at radius 2 is 2.35 bits per heavy atom. The Bertz CT molecular complexity index is 849. The van der Waals surface area contributed by atoms with Crippen LogP contribution in [0.1, 0.15) is 26.0 Å². The van der Waals surface area contributed by atoms with Crippen LogP contribution in [0.5, 0.6) is 0 Å². The van der Waals surface area contributed by atoms with Gasteiger partial charge in [0.1, 0.15) is 12.3 Å². The molecule has 2 unspecified atom stereocenters. The van der Waals surface area contributed by atoms with Crippen LogP contribution in [0.2, 0.25) is 0 Å². The molecular formula is C15H21N5O4S2. The molecule has 1 aliphatic heterocycles. The molecule has 2 atom stereocenters. The van der Waals surface area contributed by atoms with E-state index in [4.69, 9.17) is 4.42 Å². The minimum atomic E-state index is -3.04. The highest BCUT2D eigenvalue weighted by Gasteiger charge is 2.35. The smallest absolute Gasteiger partial charge is 0.236 e. The highest BCUT2D eigenvalue weighted by molar-refractivity contribution is 8.00. The van der Waals surface area contributed by atoms with Gasteiger partial charge in [0, 0.05) is 12.6 Å². The molecule has 0 aromatic carbocycles. The molecule has 0 bridgehead atoms. The molecule has 1 saturated heterocycles. The average molecular weight is 399 g/mol. The van der Waals surface area contributed by atoms with Gasteiger partial charge in [-0.15, -0.1) is 5.10 Å². The van der Waals surface area contributed by atoms with Crippen LogP contribution < -0.4 is 0 Å². The lowest BCUT2D eigenvalue weighted by atomic mass is 10.2. The van der Waals surface area contributed by atoms with E-state index in [1.165, 1.54) is 11.8 Å². The molecular weight excluding hydrogens is 378 g/mol. The first kappa shape index (κ1) is 18.9. The fourth-order valence-corrected chi connectivity index (χ4v) is 5.58. The van der Waals surface area contributed by atoms with Gasteiger partial charge in [0.15, 0.2) is 9.84 Å². The number of carbonyl (C=O) groups excluding carboxylic acids is 1. The summed E-state index contributed by atoms with van der Waals surface area (Å²) in [7, 11) is -3.04. The number of hydrogen-bond donors (Lipinski definition) is 0. The number of thioether (sulfide) groups is 1. The molecule has 0 saturated carbocycles. The van der Waals surface area contributed by atoms with Crippen molar-refractivity contribution in [2.45, 2.75) is 43.3 Å². The molecule has 3 heterocycles. The highest BCUT2D eigenvalue weighted by atomic mass is 32.2. The van der Waals surface area contributed by atoms with Crippen molar-refractivity contribution in [2.24, 2.45) is 0 Å². The van der Waals surface area contributed by atoms with Crippen molar-refractivity contribution in [1.82, 2.24) is 25.1 Å². The van der Waals surface area contributed by atoms with Crippen LogP contribution in [0.15, 0.2) is 28.0 Å². The third-order valence-electron chi connectivity index (χ3n) is 4.29. The molecule has 1 aliphatic rings. The lowest BCUT2D eigenvalue weighted by Gasteiger charge is -2.29. The first-order chi connectivity index (χ1) is 12.4. The van der Waals surface area contributed by atoms with E-state index in [0.29, 0.717) is 30.4 Å². The van der Waals surface area contributed by atoms with E-state index in [1.54, 1.807) is 28.8 Å². The summed E-state index contributed by atoms with van der Waals surface area (Å²) in [6, 6.07) is 3.36. The molecule has 3 rings (SSSR count). The van der Waals surface area contributed by atoms with Crippen LogP contribution in [0.4, 0.5) is 0 Å². The fraction of sp³-hybridized carbons (Fsp3) is 0.600. The third kappa shape index (κ3) is 4.26. The second-order valence-electron chi connectivity index (χ2n) is 6.14. The molecule has 1 fully saturated rings. The Labute approximate surface area is 156 Å². The molecule has 9 nitrogen and oxygen atoms in total. The molecule has 142 valence electrons. The maximum absolute atomic E-state index is 12.8. The van der Waals surface area contributed by atoms with Crippen molar-refractivity contribution in [3.05, 3.63) is 24.2 Å². The Morgan fingerprint density at radius 1 is 1.54 bits per heavy atom. The number of sulfone groups is 1. The normalized spacial score (nSPS) is 20.2. The second kappa shape index (κ2) is 7.78. The van der Waals surface area contributed by atoms with Crippen LogP contribution in [-0.2, 0) is 21.2 Å². The fourth-order valence-electron chi connectivity index (χ4n) is 2.99. The molecule has 2 aromatic rings. The van der Waals surface area contributed by atoms with E-state index in [1.807, 2.05) is 13.0 Å². The predicted octanol–water partition coefficient (Wildman–Crippen LogP) is 0.831. The van der Waals surface area contributed by atoms with Crippen molar-refractivity contribution in [1.29, 1.82) is 0 Å². The number of amides is 1. The minimum Gasteiger partial charge on any atom is -0.467 e. The lowest BCUT2D eigenvalue weighted by molar-refractivity contribution is -0.131. The van der Waals surface area contributed by atoms with Gasteiger partial charge in [0.25, 0.3) is 0 Å². The van der Waals surface area contributed by atoms with Gasteiger partial charge in [-0.05, 0) is 42.8 Å². The van der Waals surface area contributed by atoms with Crippen molar-refractivity contribution >= 4 is 27.5 Å². The van der Waals surface area contributed by atoms with Crippen molar-refractivity contribution in [3.8, 4) is 0 Å². The Kier molecular flexibility index (Phi) is 5.66. The van der Waals surface area contributed by atoms with Crippen molar-refractivity contribution < 1.29 is 17.6 Å². The summed E-state index contributed by atoms with van der Waals surface area (Å²) in [6.45, 7) is 4.50. The van der Waals surface area contributed by atoms with Crippen LogP contribution in [0, 0.1) is 0 Å². The van der Waals surface area contributed by atoms with E-state index >= 15 is 0 Å². The number of hydrogen-bond acceptors (Lipinski definition) is 8. The average Bonchev–Trinajstić information content (AvgIpc) is 3.32. The largest absolute Gasteiger partial charge is 0.467 e. The van der Waals surface area contributed by atoms with Crippen molar-refractivity contribution in [3.63, 3.8) is 0 Å². The number of nitrogens with zero attached hydrogens (tertiary/aromatic N) is 5. The summed E-state index contributed by atoms with van der Waals surface area (Å²) in [6.07, 6.45) is 2.07. The number of tetrazole rings is 1. The number of aromatic nitrogens is 4. The lowest BCUT2D eigenvalue weighted by Crippen LogP contribution is -2.44. The van der Waals surface area contributed by atoms with Gasteiger partial charge in [-0.1, -0.05) is 11.8 Å². The SMILES string of the molecule is CCN(C(=O)C(C)Sc1nnnn1Cc1ccco1)C1CCS(=O)(=O)C1. The van der Waals surface area contributed by atoms with Gasteiger partial charge in [0.2, 0.25) is 11.1 Å². The van der Waals surface area contributed by atoms with Gasteiger partial charge >= 0.3 is 0 Å². The number of rotatable bonds is 7. The topological polar surface area (TPSA) is 111 Å². The molecule has 1 amide bonds. The van der Waals surface area contributed by atoms with Gasteiger partial charge in [-0.25, -0.2) is 13.1 Å². The maximum Gasteiger partial charge on any atom is 0.236 e. The zero-order chi connectivity index (χ0) is 18.7. The standard InChI is InChI=1S/C15H21N5O4S2/c1-3-19(12-6-8-26(22,23)10-12)14(21)11(2)25-15-16-17-18-20(15)9-13-5-4-7-24-13/h4-5,7,11-12H,3,6,8-10H2,1-2H3. The van der Waals surface area contributed by atoms with Crippen LogP contribution in [0.25, 0.3) is 0 Å². The van der Waals surface area contributed by atoms with Gasteiger partial charge in [0.05, 0.1) is 23.0 Å². The van der Waals surface area contributed by atoms with Gasteiger partial charge in [-0.3, -0.25) is 4.79 Å². The van der Waals surface area contributed by atoms with E-state index in [0.717, 1.165) is 0 Å². The molecule has 0 spiro atoms. The predicted molar refractivity (Wildman–Crippen MR) is 95.4 cm³/mol. The van der Waals surface area contributed by atoms with Gasteiger partial charge in [-0.2, -0.15) is 0 Å². The zero-order valence-corrected chi connectivity index (χ0v) is 16.2. The summed E-state index contributed by atoms with van der Waals surface area (Å²) < 4.78 is 30.3. The zero-order valence-electron chi connectivity index (χ0n) is 14.6. The Balaban J connectivity index is 1.66. The Morgan fingerprint density at radius 3 is 2.96 bits per heavy atom. The maximum atomic E-state index is 12.8. The van der Waals surface area contributed by atoms with Crippen LogP contribution >= 0.6 is 11.8 Å². The monoisotopic (exact) mass is 399 g/mol. The Hall–Kier alpha value is -1.88. The minimum absolute atomic E-state index is 0.0419. The quantitative estimate of drug-likeness (QED) is 0.630. The summed E-state index contributed by atoms with van der Waals surface area (Å²) in [5.41, 5.74) is 0. The first-order valence-corrected chi connectivity index (χ1v) is 11.1. The highest BCUT2D eigenvalue weighted by Crippen LogP contribution is 2.25. The molecule has 11 heteroatoms. The summed E-state index contributed by atoms with van der Waals surface area (Å²) in [5.74, 6) is 0.793. The molecule has 2 aromatic heterocycles. The number of furan rings is 1. The summed E-state index contributed by atoms with van der Waals surface area (Å²) in [5, 5.41) is 11.7.